The monoisotopic (exact) mass is 812 g/mol. The number of carbonyl (C=O) groups is 2. The molecule has 0 bridgehead atoms. The normalized spacial score (nSPS) is 18.8. The van der Waals surface area contributed by atoms with Gasteiger partial charge in [0.2, 0.25) is 6.41 Å². The lowest BCUT2D eigenvalue weighted by atomic mass is 9.89. The third-order valence-corrected chi connectivity index (χ3v) is 10.2. The lowest BCUT2D eigenvalue weighted by Gasteiger charge is -2.46. The lowest BCUT2D eigenvalue weighted by Crippen LogP contribution is -2.58. The molecule has 1 aliphatic rings. The lowest BCUT2D eigenvalue weighted by molar-refractivity contribution is -0.275. The van der Waals surface area contributed by atoms with E-state index < -0.39 is 36.4 Å². The molecule has 12 heteroatoms. The Bertz CT molecular complexity index is 2200. The van der Waals surface area contributed by atoms with Crippen LogP contribution in [0.4, 0.5) is 0 Å². The minimum atomic E-state index is -0.642. The molecule has 5 aromatic carbocycles. The molecule has 1 aromatic heterocycles. The van der Waals surface area contributed by atoms with Gasteiger partial charge < -0.3 is 23.7 Å². The summed E-state index contributed by atoms with van der Waals surface area (Å²) in [6.07, 6.45) is -2.37. The van der Waals surface area contributed by atoms with Gasteiger partial charge in [-0.05, 0) is 51.6 Å². The highest BCUT2D eigenvalue weighted by Crippen LogP contribution is 2.40. The summed E-state index contributed by atoms with van der Waals surface area (Å²) in [4.78, 5) is 22.9. The Kier molecular flexibility index (Phi) is 14.9. The summed E-state index contributed by atoms with van der Waals surface area (Å²) in [5, 5.41) is 8.83. The van der Waals surface area contributed by atoms with Crippen molar-refractivity contribution in [2.75, 3.05) is 6.61 Å². The molecule has 59 heavy (non-hydrogen) atoms. The van der Waals surface area contributed by atoms with Crippen molar-refractivity contribution in [3.8, 4) is 0 Å². The van der Waals surface area contributed by atoms with Crippen molar-refractivity contribution in [3.63, 3.8) is 0 Å². The second kappa shape index (κ2) is 21.3. The Morgan fingerprint density at radius 1 is 0.644 bits per heavy atom. The standard InChI is InChI=1S/C47H45ClN4O7/c48-40-23-21-37(25-38(40)26-39-22-24-41(51-50-39)47(54)52-49-32-53)43-45(57-29-35-17-9-3-10-18-35)46(58-30-36-19-11-4-12-20-36)44(56-28-34-15-7-2-8-16-34)42(59-43)31-55-27-33-13-5-1-6-14-33/h1-25,32,42-46H,26-31H2,(H,49,53)(H,52,54). The molecule has 5 atom stereocenters. The first kappa shape index (κ1) is 41.4. The molecule has 2 heterocycles. The molecular formula is C47H45ClN4O7. The minimum Gasteiger partial charge on any atom is -0.374 e. The van der Waals surface area contributed by atoms with Crippen LogP contribution in [0.1, 0.15) is 55.7 Å². The Morgan fingerprint density at radius 2 is 1.19 bits per heavy atom. The molecule has 0 radical (unpaired) electrons. The fourth-order valence-electron chi connectivity index (χ4n) is 6.89. The Labute approximate surface area is 348 Å². The Hall–Kier alpha value is -5.79. The number of nitrogens with one attached hydrogen (secondary N) is 2. The van der Waals surface area contributed by atoms with Crippen LogP contribution in [0.2, 0.25) is 5.02 Å². The van der Waals surface area contributed by atoms with E-state index in [1.807, 2.05) is 140 Å². The summed E-state index contributed by atoms with van der Waals surface area (Å²) >= 11 is 6.84. The highest BCUT2D eigenvalue weighted by molar-refractivity contribution is 6.31. The van der Waals surface area contributed by atoms with Crippen LogP contribution in [0.3, 0.4) is 0 Å². The number of hydrogen-bond acceptors (Lipinski definition) is 9. The molecule has 1 saturated heterocycles. The van der Waals surface area contributed by atoms with E-state index in [0.717, 1.165) is 33.4 Å². The highest BCUT2D eigenvalue weighted by Gasteiger charge is 2.49. The molecule has 0 saturated carbocycles. The summed E-state index contributed by atoms with van der Waals surface area (Å²) in [6, 6.07) is 49.0. The van der Waals surface area contributed by atoms with Crippen molar-refractivity contribution >= 4 is 23.9 Å². The summed E-state index contributed by atoms with van der Waals surface area (Å²) in [7, 11) is 0. The van der Waals surface area contributed by atoms with E-state index in [-0.39, 0.29) is 12.3 Å². The summed E-state index contributed by atoms with van der Waals surface area (Å²) in [6.45, 7) is 1.55. The van der Waals surface area contributed by atoms with Crippen molar-refractivity contribution < 1.29 is 33.3 Å². The van der Waals surface area contributed by atoms with E-state index in [1.54, 1.807) is 6.07 Å². The number of hydrazine groups is 1. The molecule has 2 N–H and O–H groups in total. The first-order chi connectivity index (χ1) is 29.0. The largest absolute Gasteiger partial charge is 0.374 e. The molecule has 302 valence electrons. The molecule has 0 aliphatic carbocycles. The van der Waals surface area contributed by atoms with Crippen LogP contribution in [0.25, 0.3) is 0 Å². The van der Waals surface area contributed by atoms with Crippen LogP contribution < -0.4 is 10.9 Å². The van der Waals surface area contributed by atoms with Gasteiger partial charge in [-0.1, -0.05) is 145 Å². The minimum absolute atomic E-state index is 0.0445. The van der Waals surface area contributed by atoms with Gasteiger partial charge in [-0.25, -0.2) is 0 Å². The number of nitrogens with zero attached hydrogens (tertiary/aromatic N) is 2. The second-order valence-electron chi connectivity index (χ2n) is 14.0. The van der Waals surface area contributed by atoms with Crippen molar-refractivity contribution in [2.45, 2.75) is 63.4 Å². The molecular weight excluding hydrogens is 768 g/mol. The van der Waals surface area contributed by atoms with Crippen LogP contribution in [-0.2, 0) is 61.3 Å². The summed E-state index contributed by atoms with van der Waals surface area (Å²) in [5.74, 6) is -0.593. The molecule has 0 spiro atoms. The highest BCUT2D eigenvalue weighted by atomic mass is 35.5. The molecule has 2 amide bonds. The fraction of sp³-hybridized carbons (Fsp3) is 0.234. The molecule has 6 aromatic rings. The number of ether oxygens (including phenoxy) is 5. The van der Waals surface area contributed by atoms with Crippen LogP contribution in [0, 0.1) is 0 Å². The maximum absolute atomic E-state index is 12.3. The number of hydrogen-bond donors (Lipinski definition) is 2. The Balaban J connectivity index is 1.23. The smallest absolute Gasteiger partial charge is 0.290 e. The molecule has 1 aliphatic heterocycles. The quantitative estimate of drug-likeness (QED) is 0.0630. The van der Waals surface area contributed by atoms with Gasteiger partial charge in [0.1, 0.15) is 30.5 Å². The zero-order valence-corrected chi connectivity index (χ0v) is 33.0. The van der Waals surface area contributed by atoms with Gasteiger partial charge in [0.05, 0.1) is 38.7 Å². The van der Waals surface area contributed by atoms with Crippen molar-refractivity contribution in [1.29, 1.82) is 0 Å². The molecule has 5 unspecified atom stereocenters. The zero-order valence-electron chi connectivity index (χ0n) is 32.3. The van der Waals surface area contributed by atoms with Gasteiger partial charge in [0.15, 0.2) is 5.69 Å². The Morgan fingerprint density at radius 3 is 1.73 bits per heavy atom. The molecule has 11 nitrogen and oxygen atoms in total. The van der Waals surface area contributed by atoms with Gasteiger partial charge in [0, 0.05) is 11.4 Å². The topological polar surface area (TPSA) is 130 Å². The fourth-order valence-corrected chi connectivity index (χ4v) is 7.08. The molecule has 7 rings (SSSR count). The second-order valence-corrected chi connectivity index (χ2v) is 14.4. The van der Waals surface area contributed by atoms with Crippen molar-refractivity contribution in [2.24, 2.45) is 0 Å². The molecule has 1 fully saturated rings. The van der Waals surface area contributed by atoms with Gasteiger partial charge in [-0.2, -0.15) is 5.10 Å². The number of halogens is 1. The van der Waals surface area contributed by atoms with Gasteiger partial charge in [-0.3, -0.25) is 20.4 Å². The maximum Gasteiger partial charge on any atom is 0.290 e. The predicted octanol–water partition coefficient (Wildman–Crippen LogP) is 7.52. The number of benzene rings is 5. The third kappa shape index (κ3) is 11.7. The van der Waals surface area contributed by atoms with Crippen LogP contribution in [-0.4, -0.2) is 53.5 Å². The van der Waals surface area contributed by atoms with Crippen molar-refractivity contribution in [3.05, 3.63) is 201 Å². The predicted molar refractivity (Wildman–Crippen MR) is 222 cm³/mol. The first-order valence-electron chi connectivity index (χ1n) is 19.4. The van der Waals surface area contributed by atoms with Gasteiger partial charge >= 0.3 is 0 Å². The van der Waals surface area contributed by atoms with E-state index >= 15 is 0 Å². The van der Waals surface area contributed by atoms with Crippen molar-refractivity contribution in [1.82, 2.24) is 21.0 Å². The first-order valence-corrected chi connectivity index (χ1v) is 19.8. The van der Waals surface area contributed by atoms with E-state index in [9.17, 15) is 9.59 Å². The van der Waals surface area contributed by atoms with E-state index in [0.29, 0.717) is 50.0 Å². The van der Waals surface area contributed by atoms with E-state index in [2.05, 4.69) is 21.0 Å². The van der Waals surface area contributed by atoms with Crippen LogP contribution in [0.5, 0.6) is 0 Å². The average molecular weight is 813 g/mol. The summed E-state index contributed by atoms with van der Waals surface area (Å²) < 4.78 is 34.2. The zero-order chi connectivity index (χ0) is 40.7. The van der Waals surface area contributed by atoms with Gasteiger partial charge in [-0.15, -0.1) is 5.10 Å². The maximum atomic E-state index is 12.3. The van der Waals surface area contributed by atoms with E-state index in [4.69, 9.17) is 35.3 Å². The van der Waals surface area contributed by atoms with Crippen LogP contribution >= 0.6 is 11.6 Å². The average Bonchev–Trinajstić information content (AvgIpc) is 3.28. The number of aromatic nitrogens is 2. The number of carbonyl (C=O) groups excluding carboxylic acids is 2. The SMILES string of the molecule is O=CNNC(=O)c1ccc(Cc2cc(C3OC(COCc4ccccc4)C(OCc4ccccc4)C(OCc4ccccc4)C3OCc3ccccc3)ccc2Cl)nn1. The summed E-state index contributed by atoms with van der Waals surface area (Å²) in [5.41, 5.74) is 10.6. The number of amides is 2. The van der Waals surface area contributed by atoms with Gasteiger partial charge in [0.25, 0.3) is 5.91 Å². The van der Waals surface area contributed by atoms with E-state index in [1.165, 1.54) is 6.07 Å². The number of rotatable bonds is 19. The van der Waals surface area contributed by atoms with Crippen LogP contribution in [0.15, 0.2) is 152 Å². The third-order valence-electron chi connectivity index (χ3n) is 9.85.